The summed E-state index contributed by atoms with van der Waals surface area (Å²) in [6.07, 6.45) is 1.87. The van der Waals surface area contributed by atoms with E-state index in [9.17, 15) is 4.79 Å². The largest absolute Gasteiger partial charge is 0.368 e. The highest BCUT2D eigenvalue weighted by Crippen LogP contribution is 2.50. The third-order valence-electron chi connectivity index (χ3n) is 5.22. The third kappa shape index (κ3) is 2.78. The highest BCUT2D eigenvalue weighted by Gasteiger charge is 2.53. The molecule has 1 aliphatic carbocycles. The Balaban J connectivity index is 1.45. The molecule has 0 atom stereocenters. The summed E-state index contributed by atoms with van der Waals surface area (Å²) >= 11 is 6.12. The van der Waals surface area contributed by atoms with E-state index in [2.05, 4.69) is 29.2 Å². The molecule has 0 radical (unpaired) electrons. The van der Waals surface area contributed by atoms with Gasteiger partial charge in [-0.3, -0.25) is 4.79 Å². The van der Waals surface area contributed by atoms with E-state index in [1.54, 1.807) is 0 Å². The maximum atomic E-state index is 13.1. The monoisotopic (exact) mass is 340 g/mol. The van der Waals surface area contributed by atoms with E-state index in [0.717, 1.165) is 44.6 Å². The van der Waals surface area contributed by atoms with E-state index in [0.29, 0.717) is 5.02 Å². The first-order valence-electron chi connectivity index (χ1n) is 8.54. The molecule has 24 heavy (non-hydrogen) atoms. The van der Waals surface area contributed by atoms with E-state index in [4.69, 9.17) is 11.6 Å². The van der Waals surface area contributed by atoms with Crippen LogP contribution in [0.15, 0.2) is 54.6 Å². The fourth-order valence-corrected chi connectivity index (χ4v) is 3.84. The lowest BCUT2D eigenvalue weighted by molar-refractivity contribution is -0.134. The predicted molar refractivity (Wildman–Crippen MR) is 97.6 cm³/mol. The molecule has 1 heterocycles. The summed E-state index contributed by atoms with van der Waals surface area (Å²) in [6, 6.07) is 18.2. The number of para-hydroxylation sites is 1. The quantitative estimate of drug-likeness (QED) is 0.850. The molecule has 124 valence electrons. The summed E-state index contributed by atoms with van der Waals surface area (Å²) in [5.74, 6) is 0.275. The van der Waals surface area contributed by atoms with Crippen molar-refractivity contribution < 1.29 is 4.79 Å². The number of anilines is 1. The Bertz CT molecular complexity index is 734. The van der Waals surface area contributed by atoms with E-state index < -0.39 is 0 Å². The number of carbonyl (C=O) groups excluding carboxylic acids is 1. The van der Waals surface area contributed by atoms with Crippen LogP contribution < -0.4 is 4.90 Å². The van der Waals surface area contributed by atoms with Crippen LogP contribution >= 0.6 is 11.6 Å². The lowest BCUT2D eigenvalue weighted by atomic mass is 9.94. The maximum absolute atomic E-state index is 13.1. The van der Waals surface area contributed by atoms with Gasteiger partial charge in [0.2, 0.25) is 5.91 Å². The number of rotatable bonds is 3. The van der Waals surface area contributed by atoms with Crippen molar-refractivity contribution in [1.29, 1.82) is 0 Å². The molecule has 1 saturated heterocycles. The fourth-order valence-electron chi connectivity index (χ4n) is 3.65. The molecular weight excluding hydrogens is 320 g/mol. The van der Waals surface area contributed by atoms with E-state index in [1.807, 2.05) is 35.2 Å². The molecule has 1 aliphatic heterocycles. The standard InChI is InChI=1S/C20H21ClN2O/c21-17-6-4-5-16(15-17)20(9-10-20)19(24)23-13-11-22(12-14-23)18-7-2-1-3-8-18/h1-8,15H,9-14H2. The van der Waals surface area contributed by atoms with Crippen molar-refractivity contribution in [2.45, 2.75) is 18.3 Å². The molecule has 0 N–H and O–H groups in total. The van der Waals surface area contributed by atoms with Crippen molar-refractivity contribution in [3.05, 3.63) is 65.2 Å². The summed E-state index contributed by atoms with van der Waals surface area (Å²) in [5, 5.41) is 0.709. The van der Waals surface area contributed by atoms with E-state index in [-0.39, 0.29) is 11.3 Å². The number of amides is 1. The van der Waals surface area contributed by atoms with Crippen molar-refractivity contribution >= 4 is 23.2 Å². The first-order chi connectivity index (χ1) is 11.7. The molecule has 3 nitrogen and oxygen atoms in total. The second-order valence-electron chi connectivity index (χ2n) is 6.71. The zero-order chi connectivity index (χ0) is 16.6. The number of carbonyl (C=O) groups is 1. The lowest BCUT2D eigenvalue weighted by Crippen LogP contribution is -2.51. The summed E-state index contributed by atoms with van der Waals surface area (Å²) < 4.78 is 0. The van der Waals surface area contributed by atoms with Crippen LogP contribution in [0.5, 0.6) is 0 Å². The van der Waals surface area contributed by atoms with Gasteiger partial charge in [-0.1, -0.05) is 41.9 Å². The highest BCUT2D eigenvalue weighted by atomic mass is 35.5. The SMILES string of the molecule is O=C(N1CCN(c2ccccc2)CC1)C1(c2cccc(Cl)c2)CC1. The Morgan fingerprint density at radius 2 is 1.62 bits per heavy atom. The molecule has 4 heteroatoms. The summed E-state index contributed by atoms with van der Waals surface area (Å²) in [7, 11) is 0. The van der Waals surface area contributed by atoms with E-state index in [1.165, 1.54) is 5.69 Å². The fraction of sp³-hybridized carbons (Fsp3) is 0.350. The Hall–Kier alpha value is -2.00. The predicted octanol–water partition coefficient (Wildman–Crippen LogP) is 3.72. The van der Waals surface area contributed by atoms with Crippen LogP contribution in [0.25, 0.3) is 0 Å². The number of hydrogen-bond acceptors (Lipinski definition) is 2. The minimum Gasteiger partial charge on any atom is -0.368 e. The number of nitrogens with zero attached hydrogens (tertiary/aromatic N) is 2. The van der Waals surface area contributed by atoms with Crippen LogP contribution in [-0.4, -0.2) is 37.0 Å². The zero-order valence-corrected chi connectivity index (χ0v) is 14.4. The molecule has 0 bridgehead atoms. The Morgan fingerprint density at radius 3 is 2.25 bits per heavy atom. The first-order valence-corrected chi connectivity index (χ1v) is 8.92. The van der Waals surface area contributed by atoms with E-state index >= 15 is 0 Å². The van der Waals surface area contributed by atoms with Crippen LogP contribution in [0.4, 0.5) is 5.69 Å². The smallest absolute Gasteiger partial charge is 0.233 e. The van der Waals surface area contributed by atoms with Crippen LogP contribution in [-0.2, 0) is 10.2 Å². The van der Waals surface area contributed by atoms with Crippen molar-refractivity contribution in [3.63, 3.8) is 0 Å². The summed E-state index contributed by atoms with van der Waals surface area (Å²) in [5.41, 5.74) is 1.99. The van der Waals surface area contributed by atoms with Gasteiger partial charge in [-0.05, 0) is 42.7 Å². The van der Waals surface area contributed by atoms with Gasteiger partial charge >= 0.3 is 0 Å². The lowest BCUT2D eigenvalue weighted by Gasteiger charge is -2.38. The Labute approximate surface area is 147 Å². The van der Waals surface area contributed by atoms with Crippen LogP contribution in [0, 0.1) is 0 Å². The second kappa shape index (κ2) is 6.14. The van der Waals surface area contributed by atoms with Crippen molar-refractivity contribution in [3.8, 4) is 0 Å². The molecule has 1 saturated carbocycles. The maximum Gasteiger partial charge on any atom is 0.233 e. The Morgan fingerprint density at radius 1 is 0.917 bits per heavy atom. The second-order valence-corrected chi connectivity index (χ2v) is 7.14. The summed E-state index contributed by atoms with van der Waals surface area (Å²) in [4.78, 5) is 17.5. The van der Waals surface area contributed by atoms with Crippen molar-refractivity contribution in [1.82, 2.24) is 4.90 Å². The van der Waals surface area contributed by atoms with Gasteiger partial charge in [0.05, 0.1) is 5.41 Å². The third-order valence-corrected chi connectivity index (χ3v) is 5.46. The number of hydrogen-bond donors (Lipinski definition) is 0. The molecule has 0 unspecified atom stereocenters. The van der Waals surface area contributed by atoms with Gasteiger partial charge in [0.1, 0.15) is 0 Å². The van der Waals surface area contributed by atoms with Crippen molar-refractivity contribution in [2.75, 3.05) is 31.1 Å². The molecule has 2 fully saturated rings. The van der Waals surface area contributed by atoms with Gasteiger partial charge in [0.25, 0.3) is 0 Å². The zero-order valence-electron chi connectivity index (χ0n) is 13.6. The number of halogens is 1. The van der Waals surface area contributed by atoms with Crippen LogP contribution in [0.2, 0.25) is 5.02 Å². The number of piperazine rings is 1. The molecule has 0 spiro atoms. The van der Waals surface area contributed by atoms with Crippen LogP contribution in [0.3, 0.4) is 0 Å². The van der Waals surface area contributed by atoms with Gasteiger partial charge in [0, 0.05) is 36.9 Å². The van der Waals surface area contributed by atoms with Crippen LogP contribution in [0.1, 0.15) is 18.4 Å². The topological polar surface area (TPSA) is 23.6 Å². The molecular formula is C20H21ClN2O. The van der Waals surface area contributed by atoms with Gasteiger partial charge in [0.15, 0.2) is 0 Å². The molecule has 1 amide bonds. The molecule has 2 aromatic rings. The average Bonchev–Trinajstić information content (AvgIpc) is 3.44. The minimum absolute atomic E-state index is 0.275. The van der Waals surface area contributed by atoms with Gasteiger partial charge in [-0.2, -0.15) is 0 Å². The first kappa shape index (κ1) is 15.5. The normalized spacial score (nSPS) is 19.2. The van der Waals surface area contributed by atoms with Crippen molar-refractivity contribution in [2.24, 2.45) is 0 Å². The highest BCUT2D eigenvalue weighted by molar-refractivity contribution is 6.30. The number of benzene rings is 2. The minimum atomic E-state index is -0.320. The Kier molecular flexibility index (Phi) is 3.97. The summed E-state index contributed by atoms with van der Waals surface area (Å²) in [6.45, 7) is 3.36. The molecule has 0 aromatic heterocycles. The molecule has 4 rings (SSSR count). The van der Waals surface area contributed by atoms with Gasteiger partial charge in [-0.15, -0.1) is 0 Å². The van der Waals surface area contributed by atoms with Gasteiger partial charge in [-0.25, -0.2) is 0 Å². The molecule has 2 aromatic carbocycles. The molecule has 2 aliphatic rings. The van der Waals surface area contributed by atoms with Gasteiger partial charge < -0.3 is 9.80 Å². The average molecular weight is 341 g/mol.